The number of nitrogens with one attached hydrogen (secondary N) is 1. The minimum absolute atomic E-state index is 0.0614. The van der Waals surface area contributed by atoms with Gasteiger partial charge < -0.3 is 15.2 Å². The number of hydrogen-bond donors (Lipinski definition) is 2. The number of aliphatic hydroxyl groups is 1. The first-order chi connectivity index (χ1) is 8.42. The second-order valence-corrected chi connectivity index (χ2v) is 4.93. The van der Waals surface area contributed by atoms with E-state index >= 15 is 0 Å². The molecule has 0 heterocycles. The third-order valence-electron chi connectivity index (χ3n) is 2.52. The van der Waals surface area contributed by atoms with Crippen molar-refractivity contribution >= 4 is 0 Å². The van der Waals surface area contributed by atoms with Crippen molar-refractivity contribution < 1.29 is 9.84 Å². The number of rotatable bonds is 6. The number of nitrogens with zero attached hydrogens (tertiary/aromatic N) is 1. The number of hydrogen-bond acceptors (Lipinski definition) is 4. The molecule has 0 bridgehead atoms. The summed E-state index contributed by atoms with van der Waals surface area (Å²) in [6, 6.07) is 9.67. The van der Waals surface area contributed by atoms with Gasteiger partial charge in [-0.3, -0.25) is 0 Å². The molecule has 4 heteroatoms. The summed E-state index contributed by atoms with van der Waals surface area (Å²) in [4.78, 5) is 0. The van der Waals surface area contributed by atoms with Gasteiger partial charge in [0.1, 0.15) is 11.8 Å². The predicted molar refractivity (Wildman–Crippen MR) is 70.3 cm³/mol. The molecule has 0 spiro atoms. The summed E-state index contributed by atoms with van der Waals surface area (Å²) in [5, 5.41) is 21.3. The Balaban J connectivity index is 2.54. The minimum Gasteiger partial charge on any atom is -0.479 e. The topological polar surface area (TPSA) is 65.3 Å². The molecule has 0 aliphatic rings. The van der Waals surface area contributed by atoms with Crippen molar-refractivity contribution in [3.63, 3.8) is 0 Å². The molecule has 1 atom stereocenters. The van der Waals surface area contributed by atoms with Crippen LogP contribution in [0.15, 0.2) is 24.3 Å². The van der Waals surface area contributed by atoms with Crippen LogP contribution < -0.4 is 10.1 Å². The van der Waals surface area contributed by atoms with E-state index in [0.29, 0.717) is 12.3 Å². The van der Waals surface area contributed by atoms with Gasteiger partial charge in [0.2, 0.25) is 0 Å². The summed E-state index contributed by atoms with van der Waals surface area (Å²) in [5.41, 5.74) is 0.396. The van der Waals surface area contributed by atoms with Crippen LogP contribution in [-0.4, -0.2) is 23.9 Å². The zero-order chi connectivity index (χ0) is 13.6. The van der Waals surface area contributed by atoms with Crippen molar-refractivity contribution in [1.29, 1.82) is 5.26 Å². The molecule has 0 aliphatic carbocycles. The van der Waals surface area contributed by atoms with Crippen molar-refractivity contribution in [2.45, 2.75) is 32.4 Å². The van der Waals surface area contributed by atoms with Gasteiger partial charge in [0.25, 0.3) is 0 Å². The lowest BCUT2D eigenvalue weighted by molar-refractivity contribution is 0.0770. The summed E-state index contributed by atoms with van der Waals surface area (Å²) >= 11 is 0. The van der Waals surface area contributed by atoms with E-state index in [-0.39, 0.29) is 12.6 Å². The number of benzene rings is 1. The highest BCUT2D eigenvalue weighted by Gasteiger charge is 2.14. The van der Waals surface area contributed by atoms with Crippen molar-refractivity contribution in [2.75, 3.05) is 13.2 Å². The lowest BCUT2D eigenvalue weighted by Crippen LogP contribution is -2.36. The fourth-order valence-corrected chi connectivity index (χ4v) is 1.49. The fraction of sp³-hybridized carbons (Fsp3) is 0.500. The van der Waals surface area contributed by atoms with Crippen molar-refractivity contribution in [3.8, 4) is 11.8 Å². The van der Waals surface area contributed by atoms with E-state index in [4.69, 9.17) is 10.00 Å². The van der Waals surface area contributed by atoms with Crippen LogP contribution in [0.5, 0.6) is 5.75 Å². The molecule has 0 saturated heterocycles. The molecule has 1 rings (SSSR count). The summed E-state index contributed by atoms with van der Waals surface area (Å²) in [6.45, 7) is 6.17. The number of ether oxygens (including phenoxy) is 1. The van der Waals surface area contributed by atoms with Gasteiger partial charge >= 0.3 is 0 Å². The highest BCUT2D eigenvalue weighted by atomic mass is 16.5. The smallest absolute Gasteiger partial charge is 0.174 e. The quantitative estimate of drug-likeness (QED) is 0.808. The van der Waals surface area contributed by atoms with Gasteiger partial charge in [-0.25, -0.2) is 0 Å². The van der Waals surface area contributed by atoms with Crippen LogP contribution in [0.25, 0.3) is 0 Å². The third kappa shape index (κ3) is 5.17. The van der Waals surface area contributed by atoms with Gasteiger partial charge in [-0.05, 0) is 38.5 Å². The van der Waals surface area contributed by atoms with E-state index in [1.807, 2.05) is 37.3 Å². The molecule has 0 aliphatic heterocycles. The molecule has 0 fully saturated rings. The Labute approximate surface area is 108 Å². The summed E-state index contributed by atoms with van der Waals surface area (Å²) in [6.07, 6.45) is 0. The van der Waals surface area contributed by atoms with Gasteiger partial charge in [0.05, 0.1) is 5.60 Å². The Bertz CT molecular complexity index is 401. The van der Waals surface area contributed by atoms with Crippen molar-refractivity contribution in [2.24, 2.45) is 0 Å². The summed E-state index contributed by atoms with van der Waals surface area (Å²) in [5.74, 6) is 0.690. The molecule has 1 aromatic rings. The Morgan fingerprint density at radius 2 is 2.00 bits per heavy atom. The molecular formula is C14H20N2O2. The maximum Gasteiger partial charge on any atom is 0.174 e. The van der Waals surface area contributed by atoms with E-state index in [2.05, 4.69) is 5.32 Å². The highest BCUT2D eigenvalue weighted by molar-refractivity contribution is 5.29. The van der Waals surface area contributed by atoms with Crippen LogP contribution in [0.1, 0.15) is 32.4 Å². The van der Waals surface area contributed by atoms with Crippen LogP contribution in [0, 0.1) is 11.3 Å². The molecule has 0 saturated carbocycles. The third-order valence-corrected chi connectivity index (χ3v) is 2.52. The van der Waals surface area contributed by atoms with Crippen LogP contribution in [0.3, 0.4) is 0 Å². The maximum absolute atomic E-state index is 9.64. The lowest BCUT2D eigenvalue weighted by Gasteiger charge is -2.22. The Morgan fingerprint density at radius 1 is 1.39 bits per heavy atom. The maximum atomic E-state index is 9.64. The zero-order valence-electron chi connectivity index (χ0n) is 11.1. The monoisotopic (exact) mass is 248 g/mol. The average molecular weight is 248 g/mol. The van der Waals surface area contributed by atoms with E-state index in [9.17, 15) is 5.11 Å². The SMILES string of the molecule is CC(NCC(C)(C)O)c1ccc(OCC#N)cc1. The van der Waals surface area contributed by atoms with Gasteiger partial charge in [-0.15, -0.1) is 0 Å². The average Bonchev–Trinajstić information content (AvgIpc) is 2.33. The molecule has 0 aromatic heterocycles. The van der Waals surface area contributed by atoms with E-state index in [1.54, 1.807) is 13.8 Å². The molecule has 0 radical (unpaired) electrons. The van der Waals surface area contributed by atoms with Crippen LogP contribution in [-0.2, 0) is 0 Å². The zero-order valence-corrected chi connectivity index (χ0v) is 11.1. The minimum atomic E-state index is -0.718. The normalized spacial score (nSPS) is 12.8. The van der Waals surface area contributed by atoms with Gasteiger partial charge in [0.15, 0.2) is 6.61 Å². The van der Waals surface area contributed by atoms with Crippen molar-refractivity contribution in [1.82, 2.24) is 5.32 Å². The van der Waals surface area contributed by atoms with Crippen LogP contribution >= 0.6 is 0 Å². The fourth-order valence-electron chi connectivity index (χ4n) is 1.49. The van der Waals surface area contributed by atoms with E-state index < -0.39 is 5.60 Å². The van der Waals surface area contributed by atoms with Gasteiger partial charge in [-0.1, -0.05) is 12.1 Å². The van der Waals surface area contributed by atoms with Crippen molar-refractivity contribution in [3.05, 3.63) is 29.8 Å². The molecule has 1 aromatic carbocycles. The standard InChI is InChI=1S/C14H20N2O2/c1-11(16-10-14(2,3)17)12-4-6-13(7-5-12)18-9-8-15/h4-7,11,16-17H,9-10H2,1-3H3. The molecule has 18 heavy (non-hydrogen) atoms. The Kier molecular flexibility index (Phi) is 5.14. The van der Waals surface area contributed by atoms with E-state index in [0.717, 1.165) is 5.56 Å². The lowest BCUT2D eigenvalue weighted by atomic mass is 10.1. The molecule has 4 nitrogen and oxygen atoms in total. The summed E-state index contributed by atoms with van der Waals surface area (Å²) < 4.78 is 5.18. The summed E-state index contributed by atoms with van der Waals surface area (Å²) in [7, 11) is 0. The first kappa shape index (κ1) is 14.5. The predicted octanol–water partition coefficient (Wildman–Crippen LogP) is 2.01. The number of nitriles is 1. The van der Waals surface area contributed by atoms with Crippen LogP contribution in [0.2, 0.25) is 0 Å². The van der Waals surface area contributed by atoms with E-state index in [1.165, 1.54) is 0 Å². The molecule has 2 N–H and O–H groups in total. The first-order valence-corrected chi connectivity index (χ1v) is 5.98. The highest BCUT2D eigenvalue weighted by Crippen LogP contribution is 2.18. The molecule has 98 valence electrons. The second kappa shape index (κ2) is 6.39. The first-order valence-electron chi connectivity index (χ1n) is 5.98. The van der Waals surface area contributed by atoms with Gasteiger partial charge in [0, 0.05) is 12.6 Å². The molecule has 0 amide bonds. The largest absolute Gasteiger partial charge is 0.479 e. The Hall–Kier alpha value is -1.57. The van der Waals surface area contributed by atoms with Gasteiger partial charge in [-0.2, -0.15) is 5.26 Å². The Morgan fingerprint density at radius 3 is 2.50 bits per heavy atom. The molecule has 1 unspecified atom stereocenters. The van der Waals surface area contributed by atoms with Crippen LogP contribution in [0.4, 0.5) is 0 Å². The second-order valence-electron chi connectivity index (χ2n) is 4.93. The molecular weight excluding hydrogens is 228 g/mol.